The summed E-state index contributed by atoms with van der Waals surface area (Å²) in [5.74, 6) is -0.251. The molecule has 25 heavy (non-hydrogen) atoms. The van der Waals surface area contributed by atoms with Gasteiger partial charge in [-0.1, -0.05) is 42.5 Å². The molecule has 0 unspecified atom stereocenters. The zero-order chi connectivity index (χ0) is 19.2. The number of hydrogen-bond donors (Lipinski definition) is 0. The Morgan fingerprint density at radius 3 is 2.44 bits per heavy atom. The molecule has 0 fully saturated rings. The molecule has 0 heterocycles. The van der Waals surface area contributed by atoms with E-state index in [0.717, 1.165) is 16.7 Å². The molecule has 0 aromatic heterocycles. The summed E-state index contributed by atoms with van der Waals surface area (Å²) in [4.78, 5) is 10.9. The van der Waals surface area contributed by atoms with Crippen molar-refractivity contribution < 1.29 is 9.53 Å². The molecule has 0 amide bonds. The molecular formula is C23H30O2. The van der Waals surface area contributed by atoms with Gasteiger partial charge in [-0.2, -0.15) is 0 Å². The maximum atomic E-state index is 10.9. The fourth-order valence-corrected chi connectivity index (χ4v) is 2.13. The summed E-state index contributed by atoms with van der Waals surface area (Å²) in [6.07, 6.45) is 14.3. The summed E-state index contributed by atoms with van der Waals surface area (Å²) < 4.78 is 5.06. The van der Waals surface area contributed by atoms with Crippen molar-refractivity contribution in [3.63, 3.8) is 0 Å². The highest BCUT2D eigenvalue weighted by molar-refractivity contribution is 5.65. The first-order valence-corrected chi connectivity index (χ1v) is 8.38. The van der Waals surface area contributed by atoms with Gasteiger partial charge in [0.2, 0.25) is 0 Å². The van der Waals surface area contributed by atoms with Crippen LogP contribution in [0.3, 0.4) is 0 Å². The normalized spacial score (nSPS) is 14.2. The van der Waals surface area contributed by atoms with Crippen LogP contribution in [0.15, 0.2) is 89.3 Å². The average molecular weight is 338 g/mol. The Bertz CT molecular complexity index is 673. The number of carbonyl (C=O) groups is 1. The standard InChI is InChI=1S/C20H24O2.C3H6/c1-6-15(2)14-16(3)17(4)20-11-9-7-8-10-19(20)12-13-22-18(5)21;1-3-2/h6-7,9-11,14H,1,12-13H2,2-5H3;3H,1H2,2H3/b15-14+,17-16-;. The summed E-state index contributed by atoms with van der Waals surface area (Å²) in [7, 11) is 0. The van der Waals surface area contributed by atoms with Crippen LogP contribution in [0.25, 0.3) is 0 Å². The lowest BCUT2D eigenvalue weighted by molar-refractivity contribution is -0.140. The molecule has 0 bridgehead atoms. The fraction of sp³-hybridized carbons (Fsp3) is 0.304. The zero-order valence-electron chi connectivity index (χ0n) is 16.2. The van der Waals surface area contributed by atoms with Gasteiger partial charge in [-0.25, -0.2) is 0 Å². The van der Waals surface area contributed by atoms with E-state index in [-0.39, 0.29) is 5.97 Å². The molecule has 0 saturated carbocycles. The molecule has 0 saturated heterocycles. The predicted octanol–water partition coefficient (Wildman–Crippen LogP) is 6.18. The van der Waals surface area contributed by atoms with E-state index >= 15 is 0 Å². The van der Waals surface area contributed by atoms with Crippen molar-refractivity contribution in [3.8, 4) is 0 Å². The molecule has 1 aliphatic carbocycles. The van der Waals surface area contributed by atoms with Gasteiger partial charge < -0.3 is 4.74 Å². The Morgan fingerprint density at radius 2 is 1.88 bits per heavy atom. The van der Waals surface area contributed by atoms with E-state index < -0.39 is 0 Å². The van der Waals surface area contributed by atoms with Crippen molar-refractivity contribution in [1.82, 2.24) is 0 Å². The molecule has 0 aromatic rings. The summed E-state index contributed by atoms with van der Waals surface area (Å²) >= 11 is 0. The van der Waals surface area contributed by atoms with Crippen LogP contribution in [-0.2, 0) is 9.53 Å². The molecule has 0 N–H and O–H groups in total. The van der Waals surface area contributed by atoms with Gasteiger partial charge in [0.1, 0.15) is 0 Å². The van der Waals surface area contributed by atoms with E-state index in [1.54, 1.807) is 6.08 Å². The van der Waals surface area contributed by atoms with Crippen LogP contribution in [0.1, 0.15) is 41.0 Å². The smallest absolute Gasteiger partial charge is 0.302 e. The van der Waals surface area contributed by atoms with Gasteiger partial charge in [0.15, 0.2) is 0 Å². The Hall–Kier alpha value is -2.57. The van der Waals surface area contributed by atoms with Crippen molar-refractivity contribution in [3.05, 3.63) is 89.3 Å². The van der Waals surface area contributed by atoms with Crippen LogP contribution in [-0.4, -0.2) is 12.6 Å². The van der Waals surface area contributed by atoms with Crippen LogP contribution in [0.4, 0.5) is 0 Å². The van der Waals surface area contributed by atoms with Crippen molar-refractivity contribution in [2.24, 2.45) is 0 Å². The van der Waals surface area contributed by atoms with Crippen LogP contribution < -0.4 is 0 Å². The molecule has 2 heteroatoms. The number of rotatable bonds is 6. The van der Waals surface area contributed by atoms with Gasteiger partial charge in [-0.15, -0.1) is 12.3 Å². The molecule has 1 aliphatic rings. The van der Waals surface area contributed by atoms with Crippen LogP contribution in [0, 0.1) is 0 Å². The Kier molecular flexibility index (Phi) is 11.5. The van der Waals surface area contributed by atoms with Gasteiger partial charge in [-0.05, 0) is 62.1 Å². The third-order valence-electron chi connectivity index (χ3n) is 3.50. The number of carbonyl (C=O) groups excluding carboxylic acids is 1. The van der Waals surface area contributed by atoms with Gasteiger partial charge in [0.05, 0.1) is 6.61 Å². The van der Waals surface area contributed by atoms with Crippen molar-refractivity contribution in [1.29, 1.82) is 0 Å². The molecule has 0 aliphatic heterocycles. The van der Waals surface area contributed by atoms with E-state index in [1.807, 2.05) is 38.2 Å². The maximum absolute atomic E-state index is 10.9. The summed E-state index contributed by atoms with van der Waals surface area (Å²) in [6, 6.07) is 0. The molecule has 0 spiro atoms. The first-order valence-electron chi connectivity index (χ1n) is 8.38. The monoisotopic (exact) mass is 338 g/mol. The Morgan fingerprint density at radius 1 is 1.24 bits per heavy atom. The number of ether oxygens (including phenoxy) is 1. The number of allylic oxidation sites excluding steroid dienone is 10. The quantitative estimate of drug-likeness (QED) is 0.250. The van der Waals surface area contributed by atoms with Gasteiger partial charge in [-0.3, -0.25) is 4.79 Å². The lowest BCUT2D eigenvalue weighted by Crippen LogP contribution is -2.02. The molecule has 0 aromatic carbocycles. The Labute approximate surface area is 153 Å². The number of esters is 1. The molecule has 0 radical (unpaired) electrons. The molecule has 134 valence electrons. The minimum Gasteiger partial charge on any atom is -0.466 e. The van der Waals surface area contributed by atoms with Gasteiger partial charge in [0, 0.05) is 13.3 Å². The van der Waals surface area contributed by atoms with Crippen LogP contribution >= 0.6 is 0 Å². The van der Waals surface area contributed by atoms with E-state index in [4.69, 9.17) is 4.74 Å². The largest absolute Gasteiger partial charge is 0.466 e. The first-order chi connectivity index (χ1) is 11.9. The van der Waals surface area contributed by atoms with Crippen LogP contribution in [0.5, 0.6) is 0 Å². The minimum atomic E-state index is -0.251. The topological polar surface area (TPSA) is 26.3 Å². The highest BCUT2D eigenvalue weighted by Crippen LogP contribution is 2.25. The summed E-state index contributed by atoms with van der Waals surface area (Å²) in [5, 5.41) is 0. The average Bonchev–Trinajstić information content (AvgIpc) is 2.80. The summed E-state index contributed by atoms with van der Waals surface area (Å²) in [5.41, 5.74) is 8.91. The van der Waals surface area contributed by atoms with Crippen molar-refractivity contribution in [2.45, 2.75) is 41.0 Å². The molecule has 1 rings (SSSR count). The Balaban J connectivity index is 0.00000178. The van der Waals surface area contributed by atoms with Gasteiger partial charge in [0.25, 0.3) is 0 Å². The van der Waals surface area contributed by atoms with E-state index in [0.29, 0.717) is 13.0 Å². The highest BCUT2D eigenvalue weighted by Gasteiger charge is 2.08. The van der Waals surface area contributed by atoms with Crippen molar-refractivity contribution >= 4 is 5.97 Å². The van der Waals surface area contributed by atoms with E-state index in [9.17, 15) is 4.79 Å². The second-order valence-corrected chi connectivity index (χ2v) is 5.67. The van der Waals surface area contributed by atoms with E-state index in [1.165, 1.54) is 18.1 Å². The third-order valence-corrected chi connectivity index (χ3v) is 3.50. The van der Waals surface area contributed by atoms with Gasteiger partial charge >= 0.3 is 5.97 Å². The lowest BCUT2D eigenvalue weighted by atomic mass is 9.94. The first kappa shape index (κ1) is 22.4. The molecular weight excluding hydrogens is 308 g/mol. The molecule has 0 atom stereocenters. The SMILES string of the molecule is C=C/C(C)=C/C(C)=C(/C)C1=C(CCOC(C)=O)C=C=CC=C1.C=CC. The minimum absolute atomic E-state index is 0.251. The van der Waals surface area contributed by atoms with Crippen LogP contribution in [0.2, 0.25) is 0 Å². The summed E-state index contributed by atoms with van der Waals surface area (Å²) in [6.45, 7) is 17.1. The van der Waals surface area contributed by atoms with Crippen molar-refractivity contribution in [2.75, 3.05) is 6.61 Å². The predicted molar refractivity (Wildman–Crippen MR) is 108 cm³/mol. The second-order valence-electron chi connectivity index (χ2n) is 5.67. The lowest BCUT2D eigenvalue weighted by Gasteiger charge is -2.12. The van der Waals surface area contributed by atoms with E-state index in [2.05, 4.69) is 44.9 Å². The third kappa shape index (κ3) is 9.34. The second kappa shape index (κ2) is 12.8. The maximum Gasteiger partial charge on any atom is 0.302 e. The highest BCUT2D eigenvalue weighted by atomic mass is 16.5. The number of hydrogen-bond acceptors (Lipinski definition) is 2. The fourth-order valence-electron chi connectivity index (χ4n) is 2.13. The zero-order valence-corrected chi connectivity index (χ0v) is 16.2. The molecule has 2 nitrogen and oxygen atoms in total.